The number of hydrogen-bond acceptors (Lipinski definition) is 6. The SMILES string of the molecule is C#CCc1cc(CCCOP(=O)([O-])[O-])cc2c1Cc1c(ccc(C)c1/C=C/c1cccc(OC)c1)O2.[Na+].[Na+]. The van der Waals surface area contributed by atoms with Crippen molar-refractivity contribution in [3.05, 3.63) is 87.5 Å². The molecule has 3 aromatic rings. The van der Waals surface area contributed by atoms with Crippen molar-refractivity contribution < 1.29 is 87.5 Å². The van der Waals surface area contributed by atoms with Crippen molar-refractivity contribution in [2.45, 2.75) is 32.6 Å². The zero-order valence-electron chi connectivity index (χ0n) is 22.3. The van der Waals surface area contributed by atoms with Crippen molar-refractivity contribution in [1.82, 2.24) is 0 Å². The summed E-state index contributed by atoms with van der Waals surface area (Å²) in [4.78, 5) is 21.4. The van der Waals surface area contributed by atoms with Gasteiger partial charge in [-0.3, -0.25) is 0 Å². The number of aryl methyl sites for hydroxylation is 2. The molecule has 0 spiro atoms. The maximum Gasteiger partial charge on any atom is 1.00 e. The summed E-state index contributed by atoms with van der Waals surface area (Å²) < 4.78 is 26.7. The average molecular weight is 548 g/mol. The molecule has 1 aliphatic heterocycles. The van der Waals surface area contributed by atoms with Crippen molar-refractivity contribution in [2.75, 3.05) is 13.7 Å². The van der Waals surface area contributed by atoms with E-state index >= 15 is 0 Å². The van der Waals surface area contributed by atoms with Gasteiger partial charge >= 0.3 is 59.1 Å². The fourth-order valence-corrected chi connectivity index (χ4v) is 4.77. The number of ether oxygens (including phenoxy) is 2. The average Bonchev–Trinajstić information content (AvgIpc) is 2.85. The van der Waals surface area contributed by atoms with Gasteiger partial charge in [0.2, 0.25) is 0 Å². The Morgan fingerprint density at radius 1 is 1.08 bits per heavy atom. The molecular weight excluding hydrogens is 521 g/mol. The third kappa shape index (κ3) is 8.58. The first-order valence-corrected chi connectivity index (χ1v) is 13.1. The van der Waals surface area contributed by atoms with Gasteiger partial charge in [0.15, 0.2) is 0 Å². The second kappa shape index (κ2) is 14.9. The van der Waals surface area contributed by atoms with Gasteiger partial charge in [0.1, 0.15) is 17.2 Å². The second-order valence-electron chi connectivity index (χ2n) is 8.66. The van der Waals surface area contributed by atoms with Crippen LogP contribution < -0.4 is 78.4 Å². The van der Waals surface area contributed by atoms with E-state index in [1.165, 1.54) is 0 Å². The summed E-state index contributed by atoms with van der Waals surface area (Å²) in [6.45, 7) is 1.93. The number of phosphoric ester groups is 1. The number of hydrogen-bond donors (Lipinski definition) is 0. The minimum atomic E-state index is -4.96. The van der Waals surface area contributed by atoms with Crippen LogP contribution in [0.1, 0.15) is 45.4 Å². The van der Waals surface area contributed by atoms with Crippen LogP contribution in [0.15, 0.2) is 48.5 Å². The third-order valence-electron chi connectivity index (χ3n) is 6.15. The zero-order valence-corrected chi connectivity index (χ0v) is 27.2. The Balaban J connectivity index is 0.00000253. The molecule has 1 aliphatic rings. The van der Waals surface area contributed by atoms with E-state index in [0.29, 0.717) is 25.7 Å². The predicted octanol–water partition coefficient (Wildman–Crippen LogP) is -1.17. The Bertz CT molecular complexity index is 1390. The molecule has 0 aromatic heterocycles. The van der Waals surface area contributed by atoms with E-state index < -0.39 is 7.82 Å². The quantitative estimate of drug-likeness (QED) is 0.0862. The largest absolute Gasteiger partial charge is 1.00 e. The molecule has 0 amide bonds. The van der Waals surface area contributed by atoms with Crippen LogP contribution in [0.2, 0.25) is 0 Å². The maximum absolute atomic E-state index is 10.7. The smallest absolute Gasteiger partial charge is 0.790 e. The molecule has 0 radical (unpaired) electrons. The maximum atomic E-state index is 10.7. The monoisotopic (exact) mass is 548 g/mol. The summed E-state index contributed by atoms with van der Waals surface area (Å²) >= 11 is 0. The van der Waals surface area contributed by atoms with Gasteiger partial charge in [0.05, 0.1) is 21.5 Å². The summed E-state index contributed by atoms with van der Waals surface area (Å²) in [7, 11) is -3.31. The Kier molecular flexibility index (Phi) is 12.9. The van der Waals surface area contributed by atoms with Crippen LogP contribution in [-0.2, 0) is 28.4 Å². The number of methoxy groups -OCH3 is 1. The minimum Gasteiger partial charge on any atom is -0.790 e. The molecule has 0 aliphatic carbocycles. The molecule has 0 fully saturated rings. The molecule has 3 aromatic carbocycles. The van der Waals surface area contributed by atoms with E-state index in [1.54, 1.807) is 7.11 Å². The van der Waals surface area contributed by atoms with Crippen molar-refractivity contribution in [3.8, 4) is 29.6 Å². The normalized spacial score (nSPS) is 11.9. The first-order valence-electron chi connectivity index (χ1n) is 11.6. The van der Waals surface area contributed by atoms with E-state index in [1.807, 2.05) is 48.5 Å². The van der Waals surface area contributed by atoms with Crippen LogP contribution in [0.4, 0.5) is 0 Å². The van der Waals surface area contributed by atoms with Crippen LogP contribution in [0.3, 0.4) is 0 Å². The van der Waals surface area contributed by atoms with Gasteiger partial charge in [-0.15, -0.1) is 12.3 Å². The minimum absolute atomic E-state index is 0. The van der Waals surface area contributed by atoms with Crippen LogP contribution in [0, 0.1) is 19.3 Å². The molecule has 0 N–H and O–H groups in total. The van der Waals surface area contributed by atoms with Crippen molar-refractivity contribution in [1.29, 1.82) is 0 Å². The molecule has 38 heavy (non-hydrogen) atoms. The number of benzene rings is 3. The van der Waals surface area contributed by atoms with E-state index in [-0.39, 0.29) is 65.7 Å². The van der Waals surface area contributed by atoms with E-state index in [2.05, 4.69) is 29.5 Å². The van der Waals surface area contributed by atoms with Gasteiger partial charge in [-0.25, -0.2) is 0 Å². The van der Waals surface area contributed by atoms with E-state index in [9.17, 15) is 14.4 Å². The molecule has 9 heteroatoms. The molecule has 1 heterocycles. The summed E-state index contributed by atoms with van der Waals surface area (Å²) in [5.74, 6) is 5.08. The van der Waals surface area contributed by atoms with Crippen molar-refractivity contribution in [3.63, 3.8) is 0 Å². The number of terminal acetylenes is 1. The molecule has 186 valence electrons. The van der Waals surface area contributed by atoms with E-state index in [0.717, 1.165) is 56.2 Å². The molecule has 4 rings (SSSR count). The van der Waals surface area contributed by atoms with Gasteiger partial charge in [0, 0.05) is 24.0 Å². The fourth-order valence-electron chi connectivity index (χ4n) is 4.41. The predicted molar refractivity (Wildman–Crippen MR) is 137 cm³/mol. The van der Waals surface area contributed by atoms with Crippen LogP contribution in [0.25, 0.3) is 12.2 Å². The number of phosphoric acid groups is 1. The second-order valence-corrected chi connectivity index (χ2v) is 9.81. The van der Waals surface area contributed by atoms with Crippen molar-refractivity contribution >= 4 is 20.0 Å². The van der Waals surface area contributed by atoms with Gasteiger partial charge < -0.3 is 28.3 Å². The number of rotatable bonds is 9. The van der Waals surface area contributed by atoms with Gasteiger partial charge in [-0.05, 0) is 71.8 Å². The Labute approximate surface area is 268 Å². The van der Waals surface area contributed by atoms with Crippen LogP contribution in [-0.4, -0.2) is 13.7 Å². The molecule has 0 unspecified atom stereocenters. The summed E-state index contributed by atoms with van der Waals surface area (Å²) in [6, 6.07) is 15.9. The first-order chi connectivity index (χ1) is 17.3. The number of fused-ring (bicyclic) bond motifs is 2. The molecule has 0 atom stereocenters. The standard InChI is InChI=1S/C29H29O6P.2Na/c1-4-7-23-16-22(9-6-15-34-36(30,31)32)18-29-26(23)19-27-25(20(2)11-14-28(27)35-29)13-12-21-8-5-10-24(17-21)33-3;;/h1,5,8,10-14,16-18H,6-7,9,15,19H2,2-3H3,(H2,30,31,32);;/q;2*+1/p-2/b13-12+;;. The molecule has 0 bridgehead atoms. The van der Waals surface area contributed by atoms with Crippen LogP contribution >= 0.6 is 7.82 Å². The summed E-state index contributed by atoms with van der Waals surface area (Å²) in [5.41, 5.74) is 7.38. The molecule has 0 saturated carbocycles. The Morgan fingerprint density at radius 3 is 2.58 bits per heavy atom. The zero-order chi connectivity index (χ0) is 25.7. The molecule has 0 saturated heterocycles. The van der Waals surface area contributed by atoms with Gasteiger partial charge in [-0.2, -0.15) is 0 Å². The first kappa shape index (κ1) is 32.9. The van der Waals surface area contributed by atoms with E-state index in [4.69, 9.17) is 15.9 Å². The fraction of sp³-hybridized carbons (Fsp3) is 0.241. The van der Waals surface area contributed by atoms with Gasteiger partial charge in [0.25, 0.3) is 0 Å². The van der Waals surface area contributed by atoms with Crippen molar-refractivity contribution in [2.24, 2.45) is 0 Å². The molecule has 6 nitrogen and oxygen atoms in total. The Morgan fingerprint density at radius 2 is 1.87 bits per heavy atom. The van der Waals surface area contributed by atoms with Gasteiger partial charge in [-0.1, -0.05) is 36.4 Å². The summed E-state index contributed by atoms with van der Waals surface area (Å²) in [6.07, 6.45) is 11.9. The Hall–Kier alpha value is -1.33. The molecular formula is C29H27Na2O6P. The van der Waals surface area contributed by atoms with Crippen LogP contribution in [0.5, 0.6) is 17.2 Å². The summed E-state index contributed by atoms with van der Waals surface area (Å²) in [5, 5.41) is 0. The topological polar surface area (TPSA) is 90.9 Å². The third-order valence-corrected chi connectivity index (χ3v) is 6.65.